The van der Waals surface area contributed by atoms with Gasteiger partial charge in [-0.25, -0.2) is 0 Å². The monoisotopic (exact) mass is 190 g/mol. The van der Waals surface area contributed by atoms with E-state index in [1.807, 2.05) is 0 Å². The lowest BCUT2D eigenvalue weighted by molar-refractivity contribution is 1.13. The smallest absolute Gasteiger partial charge is 0.221 e. The molecule has 0 atom stereocenters. The summed E-state index contributed by atoms with van der Waals surface area (Å²) in [7, 11) is 1.54. The maximum Gasteiger partial charge on any atom is 0.221 e. The minimum absolute atomic E-state index is 0.308. The van der Waals surface area contributed by atoms with Crippen molar-refractivity contribution in [2.45, 2.75) is 0 Å². The Bertz CT molecular complexity index is 364. The van der Waals surface area contributed by atoms with Crippen molar-refractivity contribution < 1.29 is 0 Å². The van der Waals surface area contributed by atoms with Crippen molar-refractivity contribution in [2.75, 3.05) is 12.8 Å². The third kappa shape index (κ3) is 2.44. The van der Waals surface area contributed by atoms with Gasteiger partial charge in [0.05, 0.1) is 11.9 Å². The van der Waals surface area contributed by atoms with Gasteiger partial charge < -0.3 is 5.73 Å². The molecule has 0 aliphatic heterocycles. The van der Waals surface area contributed by atoms with E-state index in [1.165, 1.54) is 13.2 Å². The first-order chi connectivity index (χ1) is 6.77. The van der Waals surface area contributed by atoms with Crippen LogP contribution in [0.5, 0.6) is 0 Å². The van der Waals surface area contributed by atoms with Crippen molar-refractivity contribution in [1.29, 1.82) is 0 Å². The molecular weight excluding hydrogens is 180 g/mol. The Labute approximate surface area is 81.3 Å². The zero-order valence-electron chi connectivity index (χ0n) is 7.75. The largest absolute Gasteiger partial charge is 0.397 e. The van der Waals surface area contributed by atoms with Crippen molar-refractivity contribution in [3.63, 3.8) is 0 Å². The number of hydrogen-bond acceptors (Lipinski definition) is 5. The highest BCUT2D eigenvalue weighted by Gasteiger charge is 2.02. The third-order valence-corrected chi connectivity index (χ3v) is 1.38. The van der Waals surface area contributed by atoms with E-state index in [0.717, 1.165) is 0 Å². The molecule has 0 saturated heterocycles. The van der Waals surface area contributed by atoms with Crippen LogP contribution in [0.15, 0.2) is 38.8 Å². The van der Waals surface area contributed by atoms with Crippen LogP contribution in [0, 0.1) is 0 Å². The summed E-state index contributed by atoms with van der Waals surface area (Å²) >= 11 is 0. The first-order valence-corrected chi connectivity index (χ1v) is 3.83. The van der Waals surface area contributed by atoms with Crippen LogP contribution in [0.3, 0.4) is 0 Å². The number of nitrogen functional groups attached to an aromatic ring is 1. The van der Waals surface area contributed by atoms with Crippen LogP contribution in [-0.4, -0.2) is 24.6 Å². The maximum atomic E-state index is 5.48. The Balaban J connectivity index is 3.05. The highest BCUT2D eigenvalue weighted by atomic mass is 15.3. The SMILES string of the molecule is C=N/N=C(\N=N/C)c1ccc(N)cn1. The van der Waals surface area contributed by atoms with E-state index in [1.54, 1.807) is 12.1 Å². The predicted molar refractivity (Wildman–Crippen MR) is 55.5 cm³/mol. The number of amidine groups is 1. The molecule has 0 aromatic carbocycles. The van der Waals surface area contributed by atoms with E-state index in [9.17, 15) is 0 Å². The lowest BCUT2D eigenvalue weighted by Gasteiger charge is -1.97. The standard InChI is InChI=1S/C8H10N6/c1-10-13-8(14-11-2)7-4-3-6(9)5-12-7/h3-5H,1,9H2,2H3/b13-8-,14-11-. The van der Waals surface area contributed by atoms with Crippen molar-refractivity contribution in [1.82, 2.24) is 4.98 Å². The van der Waals surface area contributed by atoms with Crippen LogP contribution in [0.1, 0.15) is 5.69 Å². The van der Waals surface area contributed by atoms with Gasteiger partial charge in [-0.1, -0.05) is 0 Å². The summed E-state index contributed by atoms with van der Waals surface area (Å²) in [6.07, 6.45) is 1.51. The van der Waals surface area contributed by atoms with Gasteiger partial charge in [-0.2, -0.15) is 10.2 Å². The van der Waals surface area contributed by atoms with Gasteiger partial charge in [0.1, 0.15) is 5.69 Å². The molecule has 0 saturated carbocycles. The summed E-state index contributed by atoms with van der Waals surface area (Å²) in [5.74, 6) is 0.308. The minimum Gasteiger partial charge on any atom is -0.397 e. The quantitative estimate of drug-likeness (QED) is 0.327. The van der Waals surface area contributed by atoms with Crippen molar-refractivity contribution in [2.24, 2.45) is 20.4 Å². The fourth-order valence-corrected chi connectivity index (χ4v) is 0.822. The molecule has 0 bridgehead atoms. The molecule has 1 heterocycles. The maximum absolute atomic E-state index is 5.48. The number of rotatable bonds is 2. The minimum atomic E-state index is 0.308. The van der Waals surface area contributed by atoms with Gasteiger partial charge in [-0.15, -0.1) is 10.2 Å². The normalized spacial score (nSPS) is 11.9. The Morgan fingerprint density at radius 1 is 1.50 bits per heavy atom. The Hall–Kier alpha value is -2.11. The molecule has 72 valence electrons. The first-order valence-electron chi connectivity index (χ1n) is 3.83. The van der Waals surface area contributed by atoms with Crippen LogP contribution >= 0.6 is 0 Å². The lowest BCUT2D eigenvalue weighted by atomic mass is 10.3. The van der Waals surface area contributed by atoms with Gasteiger partial charge in [0.15, 0.2) is 0 Å². The summed E-state index contributed by atoms with van der Waals surface area (Å²) in [5.41, 5.74) is 6.61. The molecule has 1 aromatic rings. The summed E-state index contributed by atoms with van der Waals surface area (Å²) in [5, 5.41) is 14.4. The molecule has 0 fully saturated rings. The molecule has 2 N–H and O–H groups in total. The van der Waals surface area contributed by atoms with E-state index < -0.39 is 0 Å². The molecule has 14 heavy (non-hydrogen) atoms. The Kier molecular flexibility index (Phi) is 3.42. The number of hydrogen-bond donors (Lipinski definition) is 1. The number of nitrogens with zero attached hydrogens (tertiary/aromatic N) is 5. The molecular formula is C8H10N6. The summed E-state index contributed by atoms with van der Waals surface area (Å²) in [4.78, 5) is 4.02. The second-order valence-corrected chi connectivity index (χ2v) is 2.34. The first kappa shape index (κ1) is 9.97. The van der Waals surface area contributed by atoms with Crippen LogP contribution in [0.25, 0.3) is 0 Å². The molecule has 6 nitrogen and oxygen atoms in total. The predicted octanol–water partition coefficient (Wildman–Crippen LogP) is 1.11. The molecule has 0 aliphatic carbocycles. The van der Waals surface area contributed by atoms with E-state index in [2.05, 4.69) is 32.1 Å². The number of aromatic nitrogens is 1. The van der Waals surface area contributed by atoms with Gasteiger partial charge >= 0.3 is 0 Å². The lowest BCUT2D eigenvalue weighted by Crippen LogP contribution is -2.00. The van der Waals surface area contributed by atoms with Gasteiger partial charge in [-0.05, 0) is 12.1 Å². The Morgan fingerprint density at radius 3 is 2.79 bits per heavy atom. The molecule has 1 rings (SSSR count). The van der Waals surface area contributed by atoms with Gasteiger partial charge in [0.2, 0.25) is 5.84 Å². The van der Waals surface area contributed by atoms with Crippen LogP contribution < -0.4 is 5.73 Å². The summed E-state index contributed by atoms with van der Waals surface area (Å²) in [6, 6.07) is 3.39. The van der Waals surface area contributed by atoms with E-state index in [0.29, 0.717) is 17.2 Å². The second-order valence-electron chi connectivity index (χ2n) is 2.34. The molecule has 1 aromatic heterocycles. The number of nitrogens with two attached hydrogens (primary N) is 1. The summed E-state index contributed by atoms with van der Waals surface area (Å²) < 4.78 is 0. The fourth-order valence-electron chi connectivity index (χ4n) is 0.822. The molecule has 6 heteroatoms. The average Bonchev–Trinajstić information content (AvgIpc) is 2.19. The fraction of sp³-hybridized carbons (Fsp3) is 0.125. The zero-order valence-corrected chi connectivity index (χ0v) is 7.75. The second kappa shape index (κ2) is 4.80. The average molecular weight is 190 g/mol. The topological polar surface area (TPSA) is 88.3 Å². The van der Waals surface area contributed by atoms with Crippen LogP contribution in [-0.2, 0) is 0 Å². The molecule has 0 unspecified atom stereocenters. The Morgan fingerprint density at radius 2 is 2.29 bits per heavy atom. The van der Waals surface area contributed by atoms with E-state index in [4.69, 9.17) is 5.73 Å². The van der Waals surface area contributed by atoms with Gasteiger partial charge in [0.25, 0.3) is 0 Å². The highest BCUT2D eigenvalue weighted by molar-refractivity contribution is 5.97. The third-order valence-electron chi connectivity index (χ3n) is 1.38. The molecule has 0 spiro atoms. The summed E-state index contributed by atoms with van der Waals surface area (Å²) in [6.45, 7) is 3.23. The van der Waals surface area contributed by atoms with Crippen molar-refractivity contribution in [3.05, 3.63) is 24.0 Å². The zero-order chi connectivity index (χ0) is 10.4. The molecule has 0 radical (unpaired) electrons. The van der Waals surface area contributed by atoms with Crippen LogP contribution in [0.2, 0.25) is 0 Å². The number of anilines is 1. The number of pyridine rings is 1. The van der Waals surface area contributed by atoms with E-state index >= 15 is 0 Å². The highest BCUT2D eigenvalue weighted by Crippen LogP contribution is 2.04. The van der Waals surface area contributed by atoms with Gasteiger partial charge in [0, 0.05) is 13.8 Å². The number of azo groups is 1. The van der Waals surface area contributed by atoms with E-state index in [-0.39, 0.29) is 0 Å². The van der Waals surface area contributed by atoms with Crippen LogP contribution in [0.4, 0.5) is 5.69 Å². The van der Waals surface area contributed by atoms with Crippen molar-refractivity contribution in [3.8, 4) is 0 Å². The van der Waals surface area contributed by atoms with Gasteiger partial charge in [-0.3, -0.25) is 4.98 Å². The molecule has 0 aliphatic rings. The molecule has 0 amide bonds. The van der Waals surface area contributed by atoms with Crippen molar-refractivity contribution >= 4 is 18.2 Å².